The van der Waals surface area contributed by atoms with Crippen LogP contribution >= 0.6 is 0 Å². The van der Waals surface area contributed by atoms with E-state index in [1.165, 1.54) is 0 Å². The summed E-state index contributed by atoms with van der Waals surface area (Å²) in [4.78, 5) is 20.4. The van der Waals surface area contributed by atoms with Crippen molar-refractivity contribution in [1.82, 2.24) is 15.3 Å². The average Bonchev–Trinajstić information content (AvgIpc) is 2.54. The van der Waals surface area contributed by atoms with E-state index >= 15 is 0 Å². The molecule has 3 N–H and O–H groups in total. The fraction of sp³-hybridized carbons (Fsp3) is 0.353. The summed E-state index contributed by atoms with van der Waals surface area (Å²) in [6, 6.07) is 9.42. The summed E-state index contributed by atoms with van der Waals surface area (Å²) in [5, 5.41) is 2.85. The lowest BCUT2D eigenvalue weighted by molar-refractivity contribution is 0.0949. The molecule has 0 bridgehead atoms. The van der Waals surface area contributed by atoms with Crippen molar-refractivity contribution >= 4 is 11.9 Å². The van der Waals surface area contributed by atoms with E-state index in [0.717, 1.165) is 17.0 Å². The molecule has 0 saturated carbocycles. The number of rotatable bonds is 6. The summed E-state index contributed by atoms with van der Waals surface area (Å²) in [6.07, 6.45) is 0.674. The molecule has 0 saturated heterocycles. The smallest absolute Gasteiger partial charge is 0.270 e. The molecule has 1 heterocycles. The van der Waals surface area contributed by atoms with Crippen molar-refractivity contribution in [2.45, 2.75) is 26.2 Å². The highest BCUT2D eigenvalue weighted by Crippen LogP contribution is 2.17. The zero-order valence-electron chi connectivity index (χ0n) is 13.7. The van der Waals surface area contributed by atoms with Crippen molar-refractivity contribution in [1.29, 1.82) is 0 Å². The maximum atomic E-state index is 12.2. The third-order valence-corrected chi connectivity index (χ3v) is 3.46. The third-order valence-electron chi connectivity index (χ3n) is 3.46. The molecule has 6 heteroatoms. The summed E-state index contributed by atoms with van der Waals surface area (Å²) < 4.78 is 5.30. The Labute approximate surface area is 136 Å². The molecule has 1 amide bonds. The van der Waals surface area contributed by atoms with Gasteiger partial charge in [-0.3, -0.25) is 4.79 Å². The van der Waals surface area contributed by atoms with E-state index in [9.17, 15) is 4.79 Å². The number of nitrogens with two attached hydrogens (primary N) is 1. The lowest BCUT2D eigenvalue weighted by atomic mass is 10.1. The van der Waals surface area contributed by atoms with Gasteiger partial charge in [0, 0.05) is 12.2 Å². The van der Waals surface area contributed by atoms with E-state index in [0.29, 0.717) is 18.7 Å². The largest absolute Gasteiger partial charge is 0.496 e. The van der Waals surface area contributed by atoms with E-state index in [1.807, 2.05) is 38.1 Å². The van der Waals surface area contributed by atoms with E-state index in [4.69, 9.17) is 10.5 Å². The van der Waals surface area contributed by atoms with Crippen molar-refractivity contribution in [2.24, 2.45) is 0 Å². The summed E-state index contributed by atoms with van der Waals surface area (Å²) in [6.45, 7) is 4.47. The molecule has 0 radical (unpaired) electrons. The Morgan fingerprint density at radius 1 is 1.30 bits per heavy atom. The quantitative estimate of drug-likeness (QED) is 0.852. The molecular formula is C17H22N4O2. The molecule has 2 rings (SSSR count). The van der Waals surface area contributed by atoms with Gasteiger partial charge >= 0.3 is 0 Å². The number of nitrogen functional groups attached to an aromatic ring is 1. The van der Waals surface area contributed by atoms with Gasteiger partial charge in [-0.2, -0.15) is 0 Å². The zero-order chi connectivity index (χ0) is 16.8. The molecule has 0 aliphatic carbocycles. The number of aromatic nitrogens is 2. The van der Waals surface area contributed by atoms with E-state index in [-0.39, 0.29) is 17.8 Å². The SMILES string of the molecule is COc1ccccc1CCNC(=O)c1cc(C(C)C)nc(N)n1. The van der Waals surface area contributed by atoms with Crippen LogP contribution in [0.2, 0.25) is 0 Å². The van der Waals surface area contributed by atoms with Gasteiger partial charge in [0.05, 0.1) is 7.11 Å². The molecule has 1 aromatic heterocycles. The first-order valence-electron chi connectivity index (χ1n) is 7.55. The Hall–Kier alpha value is -2.63. The maximum Gasteiger partial charge on any atom is 0.270 e. The highest BCUT2D eigenvalue weighted by molar-refractivity contribution is 5.92. The number of para-hydroxylation sites is 1. The number of methoxy groups -OCH3 is 1. The molecule has 0 aliphatic rings. The average molecular weight is 314 g/mol. The summed E-state index contributed by atoms with van der Waals surface area (Å²) in [5.41, 5.74) is 7.77. The lowest BCUT2D eigenvalue weighted by Crippen LogP contribution is -2.27. The second-order valence-corrected chi connectivity index (χ2v) is 5.51. The van der Waals surface area contributed by atoms with Gasteiger partial charge in [-0.25, -0.2) is 9.97 Å². The molecule has 0 aliphatic heterocycles. The fourth-order valence-electron chi connectivity index (χ4n) is 2.21. The lowest BCUT2D eigenvalue weighted by Gasteiger charge is -2.10. The van der Waals surface area contributed by atoms with Crippen LogP contribution in [0.5, 0.6) is 5.75 Å². The molecule has 0 atom stereocenters. The van der Waals surface area contributed by atoms with Gasteiger partial charge in [-0.05, 0) is 30.0 Å². The molecule has 23 heavy (non-hydrogen) atoms. The molecular weight excluding hydrogens is 292 g/mol. The van der Waals surface area contributed by atoms with Crippen LogP contribution in [0.15, 0.2) is 30.3 Å². The van der Waals surface area contributed by atoms with Gasteiger partial charge in [0.25, 0.3) is 5.91 Å². The molecule has 1 aromatic carbocycles. The van der Waals surface area contributed by atoms with Gasteiger partial charge in [0.2, 0.25) is 5.95 Å². The number of benzene rings is 1. The Balaban J connectivity index is 2.00. The van der Waals surface area contributed by atoms with E-state index in [1.54, 1.807) is 13.2 Å². The predicted octanol–water partition coefficient (Wildman–Crippen LogP) is 2.16. The summed E-state index contributed by atoms with van der Waals surface area (Å²) >= 11 is 0. The van der Waals surface area contributed by atoms with Crippen molar-refractivity contribution in [3.63, 3.8) is 0 Å². The molecule has 0 fully saturated rings. The van der Waals surface area contributed by atoms with Crippen LogP contribution in [0.4, 0.5) is 5.95 Å². The number of nitrogens with one attached hydrogen (secondary N) is 1. The second-order valence-electron chi connectivity index (χ2n) is 5.51. The minimum atomic E-state index is -0.254. The molecule has 6 nitrogen and oxygen atoms in total. The van der Waals surface area contributed by atoms with Crippen molar-refractivity contribution in [3.05, 3.63) is 47.3 Å². The Morgan fingerprint density at radius 3 is 2.74 bits per heavy atom. The minimum Gasteiger partial charge on any atom is -0.496 e. The number of carbonyl (C=O) groups is 1. The van der Waals surface area contributed by atoms with Crippen LogP contribution in [0.1, 0.15) is 41.5 Å². The Morgan fingerprint density at radius 2 is 2.04 bits per heavy atom. The van der Waals surface area contributed by atoms with Crippen LogP contribution in [0, 0.1) is 0 Å². The first-order valence-corrected chi connectivity index (χ1v) is 7.55. The van der Waals surface area contributed by atoms with Crippen LogP contribution in [0.25, 0.3) is 0 Å². The number of amides is 1. The second kappa shape index (κ2) is 7.58. The van der Waals surface area contributed by atoms with Gasteiger partial charge in [0.15, 0.2) is 0 Å². The fourth-order valence-corrected chi connectivity index (χ4v) is 2.21. The first kappa shape index (κ1) is 16.7. The van der Waals surface area contributed by atoms with Gasteiger partial charge in [-0.15, -0.1) is 0 Å². The third kappa shape index (κ3) is 4.42. The summed E-state index contributed by atoms with van der Waals surface area (Å²) in [7, 11) is 1.63. The van der Waals surface area contributed by atoms with Crippen molar-refractivity contribution in [3.8, 4) is 5.75 Å². The minimum absolute atomic E-state index is 0.117. The first-order chi connectivity index (χ1) is 11.0. The van der Waals surface area contributed by atoms with E-state index in [2.05, 4.69) is 15.3 Å². The molecule has 122 valence electrons. The van der Waals surface area contributed by atoms with Crippen LogP contribution in [0.3, 0.4) is 0 Å². The normalized spacial score (nSPS) is 10.6. The predicted molar refractivity (Wildman–Crippen MR) is 89.6 cm³/mol. The standard InChI is InChI=1S/C17H22N4O2/c1-11(2)13-10-14(21-17(18)20-13)16(22)19-9-8-12-6-4-5-7-15(12)23-3/h4-7,10-11H,8-9H2,1-3H3,(H,19,22)(H2,18,20,21). The number of carbonyl (C=O) groups excluding carboxylic acids is 1. The molecule has 0 spiro atoms. The van der Waals surface area contributed by atoms with E-state index < -0.39 is 0 Å². The topological polar surface area (TPSA) is 90.1 Å². The van der Waals surface area contributed by atoms with Gasteiger partial charge in [-0.1, -0.05) is 32.0 Å². The number of hydrogen-bond donors (Lipinski definition) is 2. The van der Waals surface area contributed by atoms with Gasteiger partial charge in [0.1, 0.15) is 11.4 Å². The Kier molecular flexibility index (Phi) is 5.51. The maximum absolute atomic E-state index is 12.2. The molecule has 0 unspecified atom stereocenters. The van der Waals surface area contributed by atoms with Crippen LogP contribution < -0.4 is 15.8 Å². The van der Waals surface area contributed by atoms with Crippen LogP contribution in [-0.2, 0) is 6.42 Å². The highest BCUT2D eigenvalue weighted by atomic mass is 16.5. The Bertz CT molecular complexity index is 686. The van der Waals surface area contributed by atoms with Gasteiger partial charge < -0.3 is 15.8 Å². The monoisotopic (exact) mass is 314 g/mol. The zero-order valence-corrected chi connectivity index (χ0v) is 13.7. The van der Waals surface area contributed by atoms with Crippen molar-refractivity contribution < 1.29 is 9.53 Å². The number of hydrogen-bond acceptors (Lipinski definition) is 5. The van der Waals surface area contributed by atoms with Crippen molar-refractivity contribution in [2.75, 3.05) is 19.4 Å². The number of ether oxygens (including phenoxy) is 1. The number of anilines is 1. The highest BCUT2D eigenvalue weighted by Gasteiger charge is 2.12. The summed E-state index contributed by atoms with van der Waals surface area (Å²) in [5.74, 6) is 0.859. The molecule has 2 aromatic rings. The van der Waals surface area contributed by atoms with Crippen LogP contribution in [-0.4, -0.2) is 29.5 Å². The number of nitrogens with zero attached hydrogens (tertiary/aromatic N) is 2.